The van der Waals surface area contributed by atoms with Gasteiger partial charge in [0.15, 0.2) is 6.29 Å². The minimum atomic E-state index is -4.99. The van der Waals surface area contributed by atoms with Gasteiger partial charge in [0.25, 0.3) is 0 Å². The lowest BCUT2D eigenvalue weighted by Gasteiger charge is -2.30. The smallest absolute Gasteiger partial charge is 0.387 e. The summed E-state index contributed by atoms with van der Waals surface area (Å²) in [6.07, 6.45) is 4.58. The van der Waals surface area contributed by atoms with Crippen LogP contribution in [0.5, 0.6) is 0 Å². The van der Waals surface area contributed by atoms with Gasteiger partial charge in [0.1, 0.15) is 12.2 Å². The number of hydrogen-bond donors (Lipinski definition) is 5. The Labute approximate surface area is 175 Å². The van der Waals surface area contributed by atoms with Crippen molar-refractivity contribution in [2.75, 3.05) is 6.61 Å². The number of rotatable bonds is 19. The summed E-state index contributed by atoms with van der Waals surface area (Å²) in [4.78, 5) is 17.6. The molecule has 0 spiro atoms. The van der Waals surface area contributed by atoms with Gasteiger partial charge in [-0.25, -0.2) is 4.57 Å². The Morgan fingerprint density at radius 3 is 1.93 bits per heavy atom. The van der Waals surface area contributed by atoms with E-state index in [1.165, 1.54) is 6.42 Å². The van der Waals surface area contributed by atoms with Crippen molar-refractivity contribution in [1.29, 1.82) is 0 Å². The number of phosphoric acid groups is 1. The fourth-order valence-electron chi connectivity index (χ4n) is 3.23. The summed E-state index contributed by atoms with van der Waals surface area (Å²) in [6, 6.07) is 0. The van der Waals surface area contributed by atoms with E-state index >= 15 is 0 Å². The van der Waals surface area contributed by atoms with Gasteiger partial charge in [-0.1, -0.05) is 78.6 Å². The SMILES string of the molecule is CCCCCCCCC(OCC(CC)CCCC)C(O)C(O)C(O)OP(=O)(O)O. The molecule has 0 aliphatic carbocycles. The Bertz CT molecular complexity index is 431. The van der Waals surface area contributed by atoms with Crippen LogP contribution in [-0.4, -0.2) is 56.3 Å². The van der Waals surface area contributed by atoms with Crippen molar-refractivity contribution in [3.63, 3.8) is 0 Å². The van der Waals surface area contributed by atoms with Gasteiger partial charge < -0.3 is 29.8 Å². The quantitative estimate of drug-likeness (QED) is 0.116. The van der Waals surface area contributed by atoms with E-state index in [0.29, 0.717) is 18.9 Å². The number of unbranched alkanes of at least 4 members (excludes halogenated alkanes) is 6. The van der Waals surface area contributed by atoms with Gasteiger partial charge in [-0.15, -0.1) is 0 Å². The number of hydrogen-bond acceptors (Lipinski definition) is 6. The van der Waals surface area contributed by atoms with Crippen LogP contribution in [0.3, 0.4) is 0 Å². The molecule has 0 aliphatic heterocycles. The Hall–Kier alpha value is -0.0500. The Morgan fingerprint density at radius 2 is 1.38 bits per heavy atom. The molecule has 0 aromatic heterocycles. The topological polar surface area (TPSA) is 137 Å². The molecule has 0 saturated heterocycles. The lowest BCUT2D eigenvalue weighted by molar-refractivity contribution is -0.181. The molecule has 0 saturated carbocycles. The van der Waals surface area contributed by atoms with Crippen LogP contribution < -0.4 is 0 Å². The van der Waals surface area contributed by atoms with E-state index < -0.39 is 32.4 Å². The van der Waals surface area contributed by atoms with E-state index in [0.717, 1.165) is 57.8 Å². The number of phosphoric ester groups is 1. The summed E-state index contributed by atoms with van der Waals surface area (Å²) < 4.78 is 20.9. The molecule has 0 amide bonds. The van der Waals surface area contributed by atoms with E-state index in [1.807, 2.05) is 0 Å². The molecule has 0 aromatic rings. The molecule has 5 N–H and O–H groups in total. The first-order valence-electron chi connectivity index (χ1n) is 11.1. The highest BCUT2D eigenvalue weighted by Gasteiger charge is 2.36. The first kappa shape index (κ1) is 28.9. The molecule has 176 valence electrons. The lowest BCUT2D eigenvalue weighted by atomic mass is 9.98. The monoisotopic (exact) mass is 442 g/mol. The second-order valence-electron chi connectivity index (χ2n) is 7.81. The van der Waals surface area contributed by atoms with Crippen molar-refractivity contribution in [1.82, 2.24) is 0 Å². The molecule has 5 atom stereocenters. The van der Waals surface area contributed by atoms with Crippen molar-refractivity contribution in [2.45, 2.75) is 116 Å². The van der Waals surface area contributed by atoms with Gasteiger partial charge in [-0.2, -0.15) is 0 Å². The lowest BCUT2D eigenvalue weighted by Crippen LogP contribution is -2.46. The van der Waals surface area contributed by atoms with Crippen molar-refractivity contribution < 1.29 is 38.9 Å². The van der Waals surface area contributed by atoms with E-state index in [-0.39, 0.29) is 0 Å². The first-order chi connectivity index (χ1) is 13.7. The molecular weight excluding hydrogens is 399 g/mol. The maximum atomic E-state index is 10.9. The average molecular weight is 443 g/mol. The van der Waals surface area contributed by atoms with Gasteiger partial charge in [-0.05, 0) is 18.8 Å². The number of aliphatic hydroxyl groups is 3. The predicted molar refractivity (Wildman–Crippen MR) is 112 cm³/mol. The molecule has 0 heterocycles. The molecule has 0 aromatic carbocycles. The van der Waals surface area contributed by atoms with Gasteiger partial charge in [0.05, 0.1) is 6.10 Å². The van der Waals surface area contributed by atoms with E-state index in [1.54, 1.807) is 0 Å². The molecule has 0 bridgehead atoms. The highest BCUT2D eigenvalue weighted by molar-refractivity contribution is 7.46. The summed E-state index contributed by atoms with van der Waals surface area (Å²) in [6.45, 7) is 6.78. The first-order valence-corrected chi connectivity index (χ1v) is 12.6. The van der Waals surface area contributed by atoms with Gasteiger partial charge in [-0.3, -0.25) is 4.52 Å². The second-order valence-corrected chi connectivity index (χ2v) is 9.00. The summed E-state index contributed by atoms with van der Waals surface area (Å²) in [5.74, 6) is 0.336. The zero-order valence-corrected chi connectivity index (χ0v) is 19.2. The average Bonchev–Trinajstić information content (AvgIpc) is 2.66. The molecular formula is C20H43O8P. The summed E-state index contributed by atoms with van der Waals surface area (Å²) >= 11 is 0. The third-order valence-corrected chi connectivity index (χ3v) is 5.69. The van der Waals surface area contributed by atoms with Crippen LogP contribution in [0, 0.1) is 5.92 Å². The normalized spacial score (nSPS) is 17.7. The van der Waals surface area contributed by atoms with Crippen LogP contribution in [0.1, 0.15) is 91.4 Å². The molecule has 9 heteroatoms. The van der Waals surface area contributed by atoms with Crippen LogP contribution in [0.25, 0.3) is 0 Å². The van der Waals surface area contributed by atoms with Crippen molar-refractivity contribution >= 4 is 7.82 Å². The Kier molecular flexibility index (Phi) is 16.6. The third-order valence-electron chi connectivity index (χ3n) is 5.20. The summed E-state index contributed by atoms with van der Waals surface area (Å²) in [5, 5.41) is 30.3. The molecule has 0 radical (unpaired) electrons. The van der Waals surface area contributed by atoms with Crippen LogP contribution in [0.2, 0.25) is 0 Å². The number of aliphatic hydroxyl groups excluding tert-OH is 3. The molecule has 29 heavy (non-hydrogen) atoms. The predicted octanol–water partition coefficient (Wildman–Crippen LogP) is 3.49. The highest BCUT2D eigenvalue weighted by Crippen LogP contribution is 2.38. The fraction of sp³-hybridized carbons (Fsp3) is 1.00. The molecule has 0 rings (SSSR count). The van der Waals surface area contributed by atoms with Crippen molar-refractivity contribution in [2.24, 2.45) is 5.92 Å². The van der Waals surface area contributed by atoms with Gasteiger partial charge >= 0.3 is 7.82 Å². The maximum absolute atomic E-state index is 10.9. The molecule has 0 fully saturated rings. The molecule has 0 aliphatic rings. The van der Waals surface area contributed by atoms with E-state index in [4.69, 9.17) is 14.5 Å². The van der Waals surface area contributed by atoms with Crippen LogP contribution in [0.4, 0.5) is 0 Å². The Balaban J connectivity index is 4.82. The van der Waals surface area contributed by atoms with E-state index in [2.05, 4.69) is 25.3 Å². The van der Waals surface area contributed by atoms with Crippen LogP contribution in [-0.2, 0) is 13.8 Å². The largest absolute Gasteiger partial charge is 0.472 e. The van der Waals surface area contributed by atoms with E-state index in [9.17, 15) is 19.9 Å². The maximum Gasteiger partial charge on any atom is 0.472 e. The zero-order chi connectivity index (χ0) is 22.3. The number of ether oxygens (including phenoxy) is 1. The second kappa shape index (κ2) is 16.6. The minimum absolute atomic E-state index is 0.336. The highest BCUT2D eigenvalue weighted by atomic mass is 31.2. The van der Waals surface area contributed by atoms with Crippen molar-refractivity contribution in [3.8, 4) is 0 Å². The standard InChI is InChI=1S/C20H43O8P/c1-4-7-9-10-11-12-14-17(27-15-16(6-3)13-8-5-2)18(21)19(22)20(23)28-29(24,25)26/h16-23H,4-15H2,1-3H3,(H2,24,25,26). The van der Waals surface area contributed by atoms with Gasteiger partial charge in [0.2, 0.25) is 0 Å². The fourth-order valence-corrected chi connectivity index (χ4v) is 3.63. The van der Waals surface area contributed by atoms with Gasteiger partial charge in [0, 0.05) is 6.61 Å². The third kappa shape index (κ3) is 14.6. The van der Waals surface area contributed by atoms with Crippen LogP contribution >= 0.6 is 7.82 Å². The minimum Gasteiger partial charge on any atom is -0.387 e. The van der Waals surface area contributed by atoms with Crippen molar-refractivity contribution in [3.05, 3.63) is 0 Å². The summed E-state index contributed by atoms with van der Waals surface area (Å²) in [7, 11) is -4.99. The molecule has 8 nitrogen and oxygen atoms in total. The zero-order valence-electron chi connectivity index (χ0n) is 18.3. The van der Waals surface area contributed by atoms with Crippen LogP contribution in [0.15, 0.2) is 0 Å². The Morgan fingerprint density at radius 1 is 0.793 bits per heavy atom. The molecule has 5 unspecified atom stereocenters. The summed E-state index contributed by atoms with van der Waals surface area (Å²) in [5.41, 5.74) is 0.